The summed E-state index contributed by atoms with van der Waals surface area (Å²) in [6.07, 6.45) is 1.55. The standard InChI is InChI=1S/C25H23Cl2NO5/c1-13-6-8-14(9-7-13)12-32-23-16(26)10-15(11-17(23)27)20-21-18(29)4-3-5-19(21)33-24(28)22(20)25(30)31-2/h6-11,20H,3-5,12,28H2,1-2H3/t20-/m0/s1. The van der Waals surface area contributed by atoms with Crippen LogP contribution in [0.3, 0.4) is 0 Å². The van der Waals surface area contributed by atoms with Crippen molar-refractivity contribution in [2.45, 2.75) is 38.7 Å². The molecule has 0 bridgehead atoms. The molecule has 0 saturated heterocycles. The van der Waals surface area contributed by atoms with Gasteiger partial charge in [0.1, 0.15) is 17.9 Å². The van der Waals surface area contributed by atoms with Gasteiger partial charge >= 0.3 is 5.97 Å². The first-order chi connectivity index (χ1) is 15.8. The Morgan fingerprint density at radius 2 is 1.82 bits per heavy atom. The third-order valence-corrected chi connectivity index (χ3v) is 6.31. The molecule has 0 unspecified atom stereocenters. The lowest BCUT2D eigenvalue weighted by Gasteiger charge is -2.32. The molecule has 0 fully saturated rings. The second-order valence-corrected chi connectivity index (χ2v) is 8.82. The number of carbonyl (C=O) groups excluding carboxylic acids is 2. The number of methoxy groups -OCH3 is 1. The molecule has 0 radical (unpaired) electrons. The number of hydrogen-bond acceptors (Lipinski definition) is 6. The first kappa shape index (κ1) is 23.2. The molecule has 1 atom stereocenters. The second-order valence-electron chi connectivity index (χ2n) is 8.01. The van der Waals surface area contributed by atoms with Gasteiger partial charge in [-0.25, -0.2) is 4.79 Å². The number of esters is 1. The lowest BCUT2D eigenvalue weighted by atomic mass is 9.77. The fourth-order valence-electron chi connectivity index (χ4n) is 4.12. The Labute approximate surface area is 201 Å². The molecule has 0 aromatic heterocycles. The van der Waals surface area contributed by atoms with Crippen LogP contribution in [0.1, 0.15) is 41.9 Å². The Morgan fingerprint density at radius 1 is 1.15 bits per heavy atom. The molecular formula is C25H23Cl2NO5. The van der Waals surface area contributed by atoms with Crippen LogP contribution in [0.2, 0.25) is 10.0 Å². The number of ether oxygens (including phenoxy) is 3. The summed E-state index contributed by atoms with van der Waals surface area (Å²) in [5.41, 5.74) is 9.16. The van der Waals surface area contributed by atoms with Crippen molar-refractivity contribution in [2.24, 2.45) is 5.73 Å². The molecule has 2 aromatic carbocycles. The minimum absolute atomic E-state index is 0.0481. The highest BCUT2D eigenvalue weighted by Gasteiger charge is 2.41. The van der Waals surface area contributed by atoms with E-state index >= 15 is 0 Å². The quantitative estimate of drug-likeness (QED) is 0.572. The molecule has 0 saturated carbocycles. The number of rotatable bonds is 5. The van der Waals surface area contributed by atoms with Gasteiger partial charge in [0.15, 0.2) is 11.5 Å². The Kier molecular flexibility index (Phi) is 6.68. The van der Waals surface area contributed by atoms with E-state index in [-0.39, 0.29) is 33.9 Å². The summed E-state index contributed by atoms with van der Waals surface area (Å²) in [6, 6.07) is 11.2. The molecule has 4 rings (SSSR count). The van der Waals surface area contributed by atoms with Crippen molar-refractivity contribution in [3.8, 4) is 5.75 Å². The summed E-state index contributed by atoms with van der Waals surface area (Å²) in [6.45, 7) is 2.29. The van der Waals surface area contributed by atoms with Crippen molar-refractivity contribution < 1.29 is 23.8 Å². The van der Waals surface area contributed by atoms with Crippen LogP contribution < -0.4 is 10.5 Å². The molecule has 6 nitrogen and oxygen atoms in total. The predicted octanol–water partition coefficient (Wildman–Crippen LogP) is 5.35. The molecular weight excluding hydrogens is 465 g/mol. The van der Waals surface area contributed by atoms with E-state index in [1.807, 2.05) is 31.2 Å². The Hall–Kier alpha value is -2.96. The van der Waals surface area contributed by atoms with Crippen molar-refractivity contribution in [3.63, 3.8) is 0 Å². The SMILES string of the molecule is COC(=O)C1=C(N)OC2=C(C(=O)CCC2)[C@@H]1c1cc(Cl)c(OCc2ccc(C)cc2)c(Cl)c1. The van der Waals surface area contributed by atoms with Crippen LogP contribution in [0, 0.1) is 6.92 Å². The maximum absolute atomic E-state index is 12.9. The van der Waals surface area contributed by atoms with Crippen LogP contribution in [0.5, 0.6) is 5.75 Å². The molecule has 33 heavy (non-hydrogen) atoms. The second kappa shape index (κ2) is 9.49. The number of aryl methyl sites for hydroxylation is 1. The molecule has 1 aliphatic carbocycles. The third kappa shape index (κ3) is 4.59. The summed E-state index contributed by atoms with van der Waals surface area (Å²) in [4.78, 5) is 25.4. The molecule has 0 spiro atoms. The van der Waals surface area contributed by atoms with E-state index in [1.54, 1.807) is 12.1 Å². The Morgan fingerprint density at radius 3 is 2.45 bits per heavy atom. The Balaban J connectivity index is 1.73. The summed E-state index contributed by atoms with van der Waals surface area (Å²) >= 11 is 13.1. The van der Waals surface area contributed by atoms with Gasteiger partial charge in [-0.15, -0.1) is 0 Å². The third-order valence-electron chi connectivity index (χ3n) is 5.75. The van der Waals surface area contributed by atoms with Gasteiger partial charge in [-0.2, -0.15) is 0 Å². The first-order valence-corrected chi connectivity index (χ1v) is 11.2. The maximum Gasteiger partial charge on any atom is 0.340 e. The van der Waals surface area contributed by atoms with Gasteiger partial charge in [0.05, 0.1) is 23.1 Å². The van der Waals surface area contributed by atoms with Crippen LogP contribution in [0.4, 0.5) is 0 Å². The van der Waals surface area contributed by atoms with E-state index in [0.29, 0.717) is 41.9 Å². The maximum atomic E-state index is 12.9. The first-order valence-electron chi connectivity index (χ1n) is 10.5. The lowest BCUT2D eigenvalue weighted by Crippen LogP contribution is -2.31. The van der Waals surface area contributed by atoms with E-state index < -0.39 is 11.9 Å². The molecule has 172 valence electrons. The highest BCUT2D eigenvalue weighted by Crippen LogP contribution is 2.46. The lowest BCUT2D eigenvalue weighted by molar-refractivity contribution is -0.136. The van der Waals surface area contributed by atoms with Crippen LogP contribution in [0.15, 0.2) is 59.2 Å². The van der Waals surface area contributed by atoms with Gasteiger partial charge in [-0.3, -0.25) is 4.79 Å². The molecule has 2 aromatic rings. The van der Waals surface area contributed by atoms with Crippen molar-refractivity contribution in [3.05, 3.63) is 85.9 Å². The minimum atomic E-state index is -0.796. The average molecular weight is 488 g/mol. The van der Waals surface area contributed by atoms with Crippen LogP contribution in [0.25, 0.3) is 0 Å². The number of nitrogens with two attached hydrogens (primary N) is 1. The van der Waals surface area contributed by atoms with E-state index in [0.717, 1.165) is 11.1 Å². The summed E-state index contributed by atoms with van der Waals surface area (Å²) in [7, 11) is 1.24. The highest BCUT2D eigenvalue weighted by molar-refractivity contribution is 6.37. The zero-order valence-corrected chi connectivity index (χ0v) is 19.8. The van der Waals surface area contributed by atoms with E-state index in [1.165, 1.54) is 7.11 Å². The van der Waals surface area contributed by atoms with Crippen molar-refractivity contribution in [1.29, 1.82) is 0 Å². The zero-order chi connectivity index (χ0) is 23.7. The number of benzene rings is 2. The van der Waals surface area contributed by atoms with E-state index in [2.05, 4.69) is 0 Å². The normalized spacial score (nSPS) is 18.1. The molecule has 8 heteroatoms. The summed E-state index contributed by atoms with van der Waals surface area (Å²) < 4.78 is 16.5. The summed E-state index contributed by atoms with van der Waals surface area (Å²) in [5, 5.41) is 0.508. The molecule has 2 aliphatic rings. The van der Waals surface area contributed by atoms with E-state index in [4.69, 9.17) is 43.1 Å². The van der Waals surface area contributed by atoms with Crippen LogP contribution >= 0.6 is 23.2 Å². The number of carbonyl (C=O) groups is 2. The molecule has 1 aliphatic heterocycles. The van der Waals surface area contributed by atoms with Gasteiger partial charge in [0, 0.05) is 18.4 Å². The van der Waals surface area contributed by atoms with Crippen molar-refractivity contribution in [2.75, 3.05) is 7.11 Å². The van der Waals surface area contributed by atoms with Gasteiger partial charge < -0.3 is 19.9 Å². The topological polar surface area (TPSA) is 87.9 Å². The predicted molar refractivity (Wildman–Crippen MR) is 125 cm³/mol. The average Bonchev–Trinajstić information content (AvgIpc) is 2.78. The summed E-state index contributed by atoms with van der Waals surface area (Å²) in [5.74, 6) is -0.900. The van der Waals surface area contributed by atoms with Gasteiger partial charge in [0.25, 0.3) is 0 Å². The molecule has 0 amide bonds. The fourth-order valence-corrected chi connectivity index (χ4v) is 4.74. The molecule has 1 heterocycles. The number of Topliss-reactive ketones (excluding diaryl/α,β-unsaturated/α-hetero) is 1. The number of hydrogen-bond donors (Lipinski definition) is 1. The zero-order valence-electron chi connectivity index (χ0n) is 18.2. The smallest absolute Gasteiger partial charge is 0.340 e. The van der Waals surface area contributed by atoms with Gasteiger partial charge in [-0.05, 0) is 36.6 Å². The van der Waals surface area contributed by atoms with E-state index in [9.17, 15) is 9.59 Å². The monoisotopic (exact) mass is 487 g/mol. The Bertz CT molecular complexity index is 1160. The number of halogens is 2. The van der Waals surface area contributed by atoms with Crippen LogP contribution in [-0.4, -0.2) is 18.9 Å². The fraction of sp³-hybridized carbons (Fsp3) is 0.280. The van der Waals surface area contributed by atoms with Crippen molar-refractivity contribution in [1.82, 2.24) is 0 Å². The number of allylic oxidation sites excluding steroid dienone is 2. The van der Waals surface area contributed by atoms with Crippen molar-refractivity contribution >= 4 is 35.0 Å². The highest BCUT2D eigenvalue weighted by atomic mass is 35.5. The minimum Gasteiger partial charge on any atom is -0.486 e. The van der Waals surface area contributed by atoms with Gasteiger partial charge in [-0.1, -0.05) is 53.0 Å². The number of ketones is 1. The van der Waals surface area contributed by atoms with Gasteiger partial charge in [0.2, 0.25) is 5.88 Å². The molecule has 2 N–H and O–H groups in total. The van der Waals surface area contributed by atoms with Crippen LogP contribution in [-0.2, 0) is 25.7 Å². The largest absolute Gasteiger partial charge is 0.486 e.